The molecule has 0 fully saturated rings. The van der Waals surface area contributed by atoms with Crippen molar-refractivity contribution >= 4 is 17.9 Å². The third-order valence-corrected chi connectivity index (χ3v) is 5.31. The van der Waals surface area contributed by atoms with Crippen molar-refractivity contribution in [2.45, 2.75) is 38.8 Å². The number of para-hydroxylation sites is 1. The zero-order valence-corrected chi connectivity index (χ0v) is 17.7. The summed E-state index contributed by atoms with van der Waals surface area (Å²) >= 11 is 0. The van der Waals surface area contributed by atoms with Gasteiger partial charge in [-0.3, -0.25) is 10.1 Å². The number of nitrogens with one attached hydrogen (secondary N) is 2. The van der Waals surface area contributed by atoms with E-state index in [0.717, 1.165) is 41.8 Å². The molecule has 2 N–H and O–H groups in total. The van der Waals surface area contributed by atoms with Gasteiger partial charge in [-0.15, -0.1) is 0 Å². The molecule has 1 heterocycles. The maximum absolute atomic E-state index is 12.8. The first kappa shape index (κ1) is 21.3. The highest BCUT2D eigenvalue weighted by Crippen LogP contribution is 2.28. The second-order valence-electron chi connectivity index (χ2n) is 7.58. The lowest BCUT2D eigenvalue weighted by Crippen LogP contribution is -2.44. The summed E-state index contributed by atoms with van der Waals surface area (Å²) in [7, 11) is 0. The molecule has 0 saturated carbocycles. The number of benzene rings is 2. The molecule has 0 radical (unpaired) electrons. The number of amides is 3. The average molecular weight is 432 g/mol. The molecule has 1 atom stereocenters. The number of aromatic nitrogens is 2. The van der Waals surface area contributed by atoms with Gasteiger partial charge in [0.1, 0.15) is 0 Å². The number of carbonyl (C=O) groups excluding carboxylic acids is 3. The lowest BCUT2D eigenvalue weighted by Gasteiger charge is -2.13. The molecule has 4 rings (SSSR count). The maximum Gasteiger partial charge on any atom is 0.359 e. The zero-order valence-electron chi connectivity index (χ0n) is 17.7. The maximum atomic E-state index is 12.8. The van der Waals surface area contributed by atoms with Gasteiger partial charge in [0.05, 0.1) is 5.69 Å². The first-order valence-corrected chi connectivity index (χ1v) is 10.5. The SMILES string of the molecule is CC(OC(=O)c1nn(-c2ccccc2)c2c1CCC2)C(=O)NC(=O)NCc1ccccc1. The first-order chi connectivity index (χ1) is 15.5. The Morgan fingerprint density at radius 3 is 2.44 bits per heavy atom. The van der Waals surface area contributed by atoms with Crippen LogP contribution in [0, 0.1) is 0 Å². The van der Waals surface area contributed by atoms with Gasteiger partial charge >= 0.3 is 12.0 Å². The van der Waals surface area contributed by atoms with E-state index in [9.17, 15) is 14.4 Å². The fourth-order valence-electron chi connectivity index (χ4n) is 3.69. The van der Waals surface area contributed by atoms with Gasteiger partial charge < -0.3 is 10.1 Å². The molecular formula is C24H24N4O4. The van der Waals surface area contributed by atoms with E-state index in [1.165, 1.54) is 6.92 Å². The molecule has 1 unspecified atom stereocenters. The minimum Gasteiger partial charge on any atom is -0.448 e. The fourth-order valence-corrected chi connectivity index (χ4v) is 3.69. The van der Waals surface area contributed by atoms with E-state index < -0.39 is 24.0 Å². The van der Waals surface area contributed by atoms with E-state index in [4.69, 9.17) is 4.74 Å². The highest BCUT2D eigenvalue weighted by Gasteiger charge is 2.30. The van der Waals surface area contributed by atoms with Gasteiger partial charge in [0.2, 0.25) is 0 Å². The minimum absolute atomic E-state index is 0.217. The number of fused-ring (bicyclic) bond motifs is 1. The quantitative estimate of drug-likeness (QED) is 0.583. The number of hydrogen-bond acceptors (Lipinski definition) is 5. The average Bonchev–Trinajstić information content (AvgIpc) is 3.42. The smallest absolute Gasteiger partial charge is 0.359 e. The molecule has 1 aliphatic rings. The first-order valence-electron chi connectivity index (χ1n) is 10.5. The van der Waals surface area contributed by atoms with Crippen LogP contribution in [0.4, 0.5) is 4.79 Å². The molecule has 3 aromatic rings. The molecule has 3 amide bonds. The number of esters is 1. The predicted molar refractivity (Wildman–Crippen MR) is 117 cm³/mol. The van der Waals surface area contributed by atoms with Crippen LogP contribution < -0.4 is 10.6 Å². The highest BCUT2D eigenvalue weighted by molar-refractivity contribution is 5.98. The Kier molecular flexibility index (Phi) is 6.30. The van der Waals surface area contributed by atoms with E-state index in [1.54, 1.807) is 4.68 Å². The van der Waals surface area contributed by atoms with Crippen molar-refractivity contribution in [3.8, 4) is 5.69 Å². The number of urea groups is 1. The van der Waals surface area contributed by atoms with Crippen molar-refractivity contribution < 1.29 is 19.1 Å². The minimum atomic E-state index is -1.15. The Hall–Kier alpha value is -3.94. The van der Waals surface area contributed by atoms with E-state index in [1.807, 2.05) is 60.7 Å². The number of imide groups is 1. The molecule has 2 aromatic carbocycles. The third-order valence-electron chi connectivity index (χ3n) is 5.31. The van der Waals surface area contributed by atoms with E-state index >= 15 is 0 Å². The molecular weight excluding hydrogens is 408 g/mol. The monoisotopic (exact) mass is 432 g/mol. The fraction of sp³-hybridized carbons (Fsp3) is 0.250. The van der Waals surface area contributed by atoms with E-state index in [2.05, 4.69) is 15.7 Å². The molecule has 0 saturated heterocycles. The molecule has 32 heavy (non-hydrogen) atoms. The summed E-state index contributed by atoms with van der Waals surface area (Å²) in [6.45, 7) is 1.70. The van der Waals surface area contributed by atoms with Crippen molar-refractivity contribution in [1.82, 2.24) is 20.4 Å². The van der Waals surface area contributed by atoms with Crippen molar-refractivity contribution in [1.29, 1.82) is 0 Å². The molecule has 164 valence electrons. The van der Waals surface area contributed by atoms with Crippen molar-refractivity contribution in [3.05, 3.63) is 83.2 Å². The molecule has 8 nitrogen and oxygen atoms in total. The Labute approximate surface area is 185 Å². The number of rotatable bonds is 6. The van der Waals surface area contributed by atoms with Gasteiger partial charge in [-0.05, 0) is 43.9 Å². The van der Waals surface area contributed by atoms with Crippen molar-refractivity contribution in [2.75, 3.05) is 0 Å². The van der Waals surface area contributed by atoms with Crippen LogP contribution in [0.25, 0.3) is 5.69 Å². The van der Waals surface area contributed by atoms with Gasteiger partial charge in [-0.1, -0.05) is 48.5 Å². The lowest BCUT2D eigenvalue weighted by atomic mass is 10.2. The summed E-state index contributed by atoms with van der Waals surface area (Å²) in [6.07, 6.45) is 1.33. The van der Waals surface area contributed by atoms with Crippen LogP contribution in [-0.2, 0) is 28.9 Å². The van der Waals surface area contributed by atoms with Crippen LogP contribution in [0.3, 0.4) is 0 Å². The molecule has 0 aliphatic heterocycles. The van der Waals surface area contributed by atoms with Gasteiger partial charge in [0.15, 0.2) is 11.8 Å². The Morgan fingerprint density at radius 2 is 1.72 bits per heavy atom. The lowest BCUT2D eigenvalue weighted by molar-refractivity contribution is -0.127. The van der Waals surface area contributed by atoms with Crippen LogP contribution in [-0.4, -0.2) is 33.8 Å². The molecule has 1 aromatic heterocycles. The second kappa shape index (κ2) is 9.47. The van der Waals surface area contributed by atoms with Crippen molar-refractivity contribution in [3.63, 3.8) is 0 Å². The molecule has 0 bridgehead atoms. The number of nitrogens with zero attached hydrogens (tertiary/aromatic N) is 2. The van der Waals surface area contributed by atoms with Gasteiger partial charge in [0.25, 0.3) is 5.91 Å². The van der Waals surface area contributed by atoms with Gasteiger partial charge in [-0.25, -0.2) is 14.3 Å². The van der Waals surface area contributed by atoms with Crippen LogP contribution in [0.15, 0.2) is 60.7 Å². The van der Waals surface area contributed by atoms with Crippen LogP contribution >= 0.6 is 0 Å². The topological polar surface area (TPSA) is 102 Å². The van der Waals surface area contributed by atoms with E-state index in [-0.39, 0.29) is 12.2 Å². The van der Waals surface area contributed by atoms with Crippen LogP contribution in [0.2, 0.25) is 0 Å². The third kappa shape index (κ3) is 4.69. The number of ether oxygens (including phenoxy) is 1. The second-order valence-corrected chi connectivity index (χ2v) is 7.58. The summed E-state index contributed by atoms with van der Waals surface area (Å²) in [5, 5.41) is 9.27. The molecule has 8 heteroatoms. The van der Waals surface area contributed by atoms with Crippen LogP contribution in [0.1, 0.15) is 40.7 Å². The highest BCUT2D eigenvalue weighted by atomic mass is 16.5. The Bertz CT molecular complexity index is 1130. The predicted octanol–water partition coefficient (Wildman–Crippen LogP) is 2.93. The van der Waals surface area contributed by atoms with Gasteiger partial charge in [0, 0.05) is 17.8 Å². The zero-order chi connectivity index (χ0) is 22.5. The Morgan fingerprint density at radius 1 is 1.03 bits per heavy atom. The molecule has 0 spiro atoms. The summed E-state index contributed by atoms with van der Waals surface area (Å²) in [5.41, 5.74) is 3.82. The van der Waals surface area contributed by atoms with Gasteiger partial charge in [-0.2, -0.15) is 5.10 Å². The number of carbonyl (C=O) groups is 3. The summed E-state index contributed by atoms with van der Waals surface area (Å²) in [6, 6.07) is 18.2. The van der Waals surface area contributed by atoms with Crippen molar-refractivity contribution in [2.24, 2.45) is 0 Å². The summed E-state index contributed by atoms with van der Waals surface area (Å²) in [5.74, 6) is -1.38. The summed E-state index contributed by atoms with van der Waals surface area (Å²) in [4.78, 5) is 37.1. The van der Waals surface area contributed by atoms with E-state index in [0.29, 0.717) is 0 Å². The normalized spacial score (nSPS) is 13.2. The molecule has 1 aliphatic carbocycles. The summed E-state index contributed by atoms with van der Waals surface area (Å²) < 4.78 is 7.09. The van der Waals surface area contributed by atoms with Crippen LogP contribution in [0.5, 0.6) is 0 Å². The largest absolute Gasteiger partial charge is 0.448 e. The number of hydrogen-bond donors (Lipinski definition) is 2. The Balaban J connectivity index is 1.37. The standard InChI is InChI=1S/C24H24N4O4/c1-16(22(29)26-24(31)25-15-17-9-4-2-5-10-17)32-23(30)21-19-13-8-14-20(19)28(27-21)18-11-6-3-7-12-18/h2-7,9-12,16H,8,13-15H2,1H3,(H2,25,26,29,31).